The zero-order valence-corrected chi connectivity index (χ0v) is 12.7. The average molecular weight is 340 g/mol. The Kier molecular flexibility index (Phi) is 3.96. The number of ether oxygens (including phenoxy) is 1. The van der Waals surface area contributed by atoms with E-state index in [9.17, 15) is 0 Å². The Labute approximate surface area is 126 Å². The minimum atomic E-state index is 0.256. The third-order valence-corrected chi connectivity index (χ3v) is 4.07. The predicted octanol–water partition coefficient (Wildman–Crippen LogP) is 3.91. The van der Waals surface area contributed by atoms with E-state index >= 15 is 0 Å². The first-order valence-corrected chi connectivity index (χ1v) is 7.48. The maximum absolute atomic E-state index is 6.30. The Hall–Kier alpha value is -0.770. The van der Waals surface area contributed by atoms with E-state index in [0.29, 0.717) is 0 Å². The largest absolute Gasteiger partial charge is 0.487 e. The summed E-state index contributed by atoms with van der Waals surface area (Å²) in [5.74, 6) is 0.889. The molecule has 3 rings (SSSR count). The van der Waals surface area contributed by atoms with Gasteiger partial charge >= 0.3 is 0 Å². The Bertz CT molecular complexity index is 549. The average Bonchev–Trinajstić information content (AvgIpc) is 2.35. The lowest BCUT2D eigenvalue weighted by Crippen LogP contribution is -2.50. The van der Waals surface area contributed by atoms with E-state index in [0.717, 1.165) is 45.9 Å². The summed E-state index contributed by atoms with van der Waals surface area (Å²) in [6.45, 7) is 1.81. The lowest BCUT2D eigenvalue weighted by atomic mass is 9.96. The number of halogens is 2. The van der Waals surface area contributed by atoms with E-state index < -0.39 is 0 Å². The molecule has 1 fully saturated rings. The van der Waals surface area contributed by atoms with Gasteiger partial charge in [-0.05, 0) is 42.7 Å². The number of rotatable bonds is 3. The lowest BCUT2D eigenvalue weighted by Gasteiger charge is -2.29. The first-order chi connectivity index (χ1) is 9.24. The maximum Gasteiger partial charge on any atom is 0.128 e. The number of allylic oxidation sites excluding steroid dienone is 4. The van der Waals surface area contributed by atoms with Gasteiger partial charge in [0.1, 0.15) is 11.9 Å². The molecule has 1 radical (unpaired) electrons. The number of hydrogen-bond acceptors (Lipinski definition) is 2. The van der Waals surface area contributed by atoms with Gasteiger partial charge in [0.05, 0.1) is 0 Å². The van der Waals surface area contributed by atoms with Crippen LogP contribution in [0.4, 0.5) is 0 Å². The second-order valence-electron chi connectivity index (χ2n) is 4.64. The minimum Gasteiger partial charge on any atom is -0.487 e. The van der Waals surface area contributed by atoms with Gasteiger partial charge in [0.15, 0.2) is 0 Å². The van der Waals surface area contributed by atoms with E-state index in [1.807, 2.05) is 18.2 Å². The molecule has 4 heteroatoms. The molecule has 1 aliphatic carbocycles. The van der Waals surface area contributed by atoms with Crippen molar-refractivity contribution < 1.29 is 4.74 Å². The summed E-state index contributed by atoms with van der Waals surface area (Å²) in [5.41, 5.74) is 2.11. The van der Waals surface area contributed by atoms with Gasteiger partial charge < -0.3 is 10.1 Å². The fourth-order valence-electron chi connectivity index (χ4n) is 2.12. The molecule has 0 amide bonds. The third-order valence-electron chi connectivity index (χ3n) is 3.25. The first kappa shape index (κ1) is 13.2. The van der Waals surface area contributed by atoms with E-state index in [1.54, 1.807) is 0 Å². The smallest absolute Gasteiger partial charge is 0.128 e. The molecule has 99 valence electrons. The standard InChI is InChI=1S/C15H14BrClNO/c16-10-5-6-13(12-3-1-2-4-14(12)17)15(7-10)19-11-8-18-9-11/h2-7,11,18H,1,8-9H2. The maximum atomic E-state index is 6.30. The van der Waals surface area contributed by atoms with Crippen molar-refractivity contribution in [3.8, 4) is 5.75 Å². The zero-order valence-electron chi connectivity index (χ0n) is 10.3. The van der Waals surface area contributed by atoms with Crippen LogP contribution >= 0.6 is 27.5 Å². The molecule has 0 saturated carbocycles. The van der Waals surface area contributed by atoms with Gasteiger partial charge in [0.25, 0.3) is 0 Å². The van der Waals surface area contributed by atoms with Crippen molar-refractivity contribution in [1.29, 1.82) is 0 Å². The quantitative estimate of drug-likeness (QED) is 0.901. The number of benzene rings is 1. The second-order valence-corrected chi connectivity index (χ2v) is 5.97. The molecule has 1 N–H and O–H groups in total. The molecule has 1 aliphatic heterocycles. The van der Waals surface area contributed by atoms with Crippen molar-refractivity contribution in [2.45, 2.75) is 12.5 Å². The van der Waals surface area contributed by atoms with Crippen molar-refractivity contribution in [2.75, 3.05) is 13.1 Å². The number of hydrogen-bond donors (Lipinski definition) is 1. The van der Waals surface area contributed by atoms with Crippen LogP contribution < -0.4 is 10.1 Å². The molecule has 1 heterocycles. The summed E-state index contributed by atoms with van der Waals surface area (Å²) in [4.78, 5) is 0. The molecule has 2 aliphatic rings. The molecular formula is C15H14BrClNO. The van der Waals surface area contributed by atoms with E-state index in [4.69, 9.17) is 16.3 Å². The van der Waals surface area contributed by atoms with Crippen LogP contribution in [0.5, 0.6) is 5.75 Å². The van der Waals surface area contributed by atoms with Crippen molar-refractivity contribution in [2.24, 2.45) is 0 Å². The van der Waals surface area contributed by atoms with Gasteiger partial charge in [-0.1, -0.05) is 33.6 Å². The Morgan fingerprint density at radius 1 is 1.32 bits per heavy atom. The molecule has 1 saturated heterocycles. The third kappa shape index (κ3) is 2.88. The van der Waals surface area contributed by atoms with Crippen molar-refractivity contribution in [3.63, 3.8) is 0 Å². The Morgan fingerprint density at radius 3 is 2.84 bits per heavy atom. The van der Waals surface area contributed by atoms with Gasteiger partial charge in [-0.2, -0.15) is 0 Å². The fraction of sp³-hybridized carbons (Fsp3) is 0.267. The van der Waals surface area contributed by atoms with Gasteiger partial charge in [0.2, 0.25) is 0 Å². The predicted molar refractivity (Wildman–Crippen MR) is 82.3 cm³/mol. The normalized spacial score (nSPS) is 19.5. The molecule has 0 bridgehead atoms. The molecule has 19 heavy (non-hydrogen) atoms. The summed E-state index contributed by atoms with van der Waals surface area (Å²) in [6, 6.07) is 6.08. The molecule has 0 spiro atoms. The van der Waals surface area contributed by atoms with Gasteiger partial charge in [-0.3, -0.25) is 0 Å². The van der Waals surface area contributed by atoms with Crippen LogP contribution in [0.3, 0.4) is 0 Å². The Balaban J connectivity index is 1.97. The molecule has 0 aromatic heterocycles. The summed E-state index contributed by atoms with van der Waals surface area (Å²) in [6.07, 6.45) is 7.31. The van der Waals surface area contributed by atoms with Gasteiger partial charge in [-0.25, -0.2) is 0 Å². The monoisotopic (exact) mass is 338 g/mol. The van der Waals surface area contributed by atoms with Crippen LogP contribution in [0.1, 0.15) is 12.0 Å². The number of nitrogens with one attached hydrogen (secondary N) is 1. The molecule has 2 nitrogen and oxygen atoms in total. The summed E-state index contributed by atoms with van der Waals surface area (Å²) < 4.78 is 7.05. The highest BCUT2D eigenvalue weighted by molar-refractivity contribution is 9.10. The molecule has 0 unspecified atom stereocenters. The summed E-state index contributed by atoms with van der Waals surface area (Å²) in [5, 5.41) is 3.98. The molecule has 0 atom stereocenters. The second kappa shape index (κ2) is 5.70. The van der Waals surface area contributed by atoms with E-state index in [-0.39, 0.29) is 6.10 Å². The van der Waals surface area contributed by atoms with Crippen LogP contribution in [-0.2, 0) is 0 Å². The van der Waals surface area contributed by atoms with Crippen molar-refractivity contribution >= 4 is 33.1 Å². The Morgan fingerprint density at radius 2 is 2.16 bits per heavy atom. The molecular weight excluding hydrogens is 326 g/mol. The van der Waals surface area contributed by atoms with Crippen molar-refractivity contribution in [3.05, 3.63) is 51.8 Å². The highest BCUT2D eigenvalue weighted by Gasteiger charge is 2.21. The lowest BCUT2D eigenvalue weighted by molar-refractivity contribution is 0.142. The zero-order chi connectivity index (χ0) is 13.2. The van der Waals surface area contributed by atoms with Crippen molar-refractivity contribution in [1.82, 2.24) is 5.32 Å². The molecule has 1 aromatic carbocycles. The SMILES string of the molecule is ClC1=C(c2ccc(Br)cc2OC2CNC2)[CH]CC=C1. The van der Waals surface area contributed by atoms with Crippen LogP contribution in [0.25, 0.3) is 5.57 Å². The topological polar surface area (TPSA) is 21.3 Å². The van der Waals surface area contributed by atoms with Crippen LogP contribution in [0.15, 0.2) is 39.9 Å². The molecule has 1 aromatic rings. The van der Waals surface area contributed by atoms with Gasteiger partial charge in [0, 0.05) is 28.2 Å². The highest BCUT2D eigenvalue weighted by atomic mass is 79.9. The first-order valence-electron chi connectivity index (χ1n) is 6.31. The van der Waals surface area contributed by atoms with Gasteiger partial charge in [-0.15, -0.1) is 0 Å². The highest BCUT2D eigenvalue weighted by Crippen LogP contribution is 2.37. The summed E-state index contributed by atoms with van der Waals surface area (Å²) in [7, 11) is 0. The van der Waals surface area contributed by atoms with E-state index in [1.165, 1.54) is 0 Å². The van der Waals surface area contributed by atoms with Crippen LogP contribution in [0.2, 0.25) is 0 Å². The van der Waals surface area contributed by atoms with Crippen LogP contribution in [-0.4, -0.2) is 19.2 Å². The minimum absolute atomic E-state index is 0.256. The van der Waals surface area contributed by atoms with E-state index in [2.05, 4.69) is 39.8 Å². The van der Waals surface area contributed by atoms with Crippen LogP contribution in [0, 0.1) is 6.42 Å². The fourth-order valence-corrected chi connectivity index (χ4v) is 2.73. The summed E-state index contributed by atoms with van der Waals surface area (Å²) >= 11 is 9.79.